The first kappa shape index (κ1) is 22.6. The van der Waals surface area contributed by atoms with Gasteiger partial charge in [-0.15, -0.1) is 35.3 Å². The van der Waals surface area contributed by atoms with E-state index in [0.29, 0.717) is 37.6 Å². The monoisotopic (exact) mass is 516 g/mol. The maximum Gasteiger partial charge on any atom is 0.224 e. The average Bonchev–Trinajstić information content (AvgIpc) is 3.14. The highest BCUT2D eigenvalue weighted by molar-refractivity contribution is 14.0. The summed E-state index contributed by atoms with van der Waals surface area (Å²) in [4.78, 5) is 19.9. The van der Waals surface area contributed by atoms with E-state index < -0.39 is 0 Å². The number of guanidine groups is 1. The van der Waals surface area contributed by atoms with Gasteiger partial charge in [0.25, 0.3) is 0 Å². The molecule has 152 valence electrons. The lowest BCUT2D eigenvalue weighted by molar-refractivity contribution is -0.131. The molecule has 5 nitrogen and oxygen atoms in total. The smallest absolute Gasteiger partial charge is 0.224 e. The molecule has 3 rings (SSSR count). The van der Waals surface area contributed by atoms with Gasteiger partial charge >= 0.3 is 0 Å². The lowest BCUT2D eigenvalue weighted by Crippen LogP contribution is -2.40. The van der Waals surface area contributed by atoms with E-state index in [1.165, 1.54) is 16.5 Å². The molecule has 2 N–H and O–H groups in total. The van der Waals surface area contributed by atoms with E-state index >= 15 is 0 Å². The first-order chi connectivity index (χ1) is 13.1. The van der Waals surface area contributed by atoms with Crippen LogP contribution < -0.4 is 10.6 Å². The van der Waals surface area contributed by atoms with Gasteiger partial charge in [-0.1, -0.05) is 12.1 Å². The second-order valence-corrected chi connectivity index (χ2v) is 7.62. The topological polar surface area (TPSA) is 56.7 Å². The molecule has 0 saturated heterocycles. The van der Waals surface area contributed by atoms with E-state index in [4.69, 9.17) is 0 Å². The maximum atomic E-state index is 13.3. The summed E-state index contributed by atoms with van der Waals surface area (Å²) >= 11 is 1.77. The van der Waals surface area contributed by atoms with Crippen LogP contribution in [-0.4, -0.2) is 36.9 Å². The Balaban J connectivity index is 0.00000280. The molecule has 2 aromatic rings. The Morgan fingerprint density at radius 3 is 2.89 bits per heavy atom. The van der Waals surface area contributed by atoms with Gasteiger partial charge < -0.3 is 15.5 Å². The van der Waals surface area contributed by atoms with Crippen LogP contribution in [0.15, 0.2) is 34.6 Å². The van der Waals surface area contributed by atoms with Crippen molar-refractivity contribution in [2.24, 2.45) is 4.99 Å². The summed E-state index contributed by atoms with van der Waals surface area (Å²) < 4.78 is 13.3. The molecule has 28 heavy (non-hydrogen) atoms. The molecule has 0 spiro atoms. The van der Waals surface area contributed by atoms with Crippen LogP contribution in [0.1, 0.15) is 28.0 Å². The molecular formula is C20H26FIN4OS. The molecule has 0 unspecified atom stereocenters. The SMILES string of the molecule is CN=C(NCCC(=O)N1CCc2sccc2C1)NCc1ccc(F)c(C)c1.I. The molecule has 0 atom stereocenters. The largest absolute Gasteiger partial charge is 0.356 e. The molecule has 8 heteroatoms. The Morgan fingerprint density at radius 2 is 2.14 bits per heavy atom. The van der Waals surface area contributed by atoms with Crippen LogP contribution in [-0.2, 0) is 24.3 Å². The molecule has 1 aromatic carbocycles. The van der Waals surface area contributed by atoms with Crippen molar-refractivity contribution < 1.29 is 9.18 Å². The Bertz CT molecular complexity index is 839. The normalized spacial score (nSPS) is 13.5. The van der Waals surface area contributed by atoms with Gasteiger partial charge in [-0.05, 0) is 47.5 Å². The second-order valence-electron chi connectivity index (χ2n) is 6.62. The minimum atomic E-state index is -0.202. The van der Waals surface area contributed by atoms with Gasteiger partial charge in [0.15, 0.2) is 5.96 Å². The predicted molar refractivity (Wildman–Crippen MR) is 123 cm³/mol. The van der Waals surface area contributed by atoms with Crippen LogP contribution in [0.4, 0.5) is 4.39 Å². The lowest BCUT2D eigenvalue weighted by atomic mass is 10.1. The summed E-state index contributed by atoms with van der Waals surface area (Å²) in [5, 5.41) is 8.45. The molecule has 0 saturated carbocycles. The van der Waals surface area contributed by atoms with Gasteiger partial charge in [0.2, 0.25) is 5.91 Å². The Morgan fingerprint density at radius 1 is 1.32 bits per heavy atom. The summed E-state index contributed by atoms with van der Waals surface area (Å²) in [5.41, 5.74) is 2.88. The number of rotatable bonds is 5. The highest BCUT2D eigenvalue weighted by Crippen LogP contribution is 2.24. The third-order valence-corrected chi connectivity index (χ3v) is 5.72. The van der Waals surface area contributed by atoms with E-state index in [1.807, 2.05) is 11.0 Å². The van der Waals surface area contributed by atoms with Gasteiger partial charge in [0.05, 0.1) is 0 Å². The number of fused-ring (bicyclic) bond motifs is 1. The van der Waals surface area contributed by atoms with E-state index in [1.54, 1.807) is 31.4 Å². The zero-order valence-electron chi connectivity index (χ0n) is 16.1. The number of carbonyl (C=O) groups is 1. The van der Waals surface area contributed by atoms with Crippen LogP contribution in [0.25, 0.3) is 0 Å². The molecule has 0 bridgehead atoms. The number of hydrogen-bond donors (Lipinski definition) is 2. The standard InChI is InChI=1S/C20H25FN4OS.HI/c1-14-11-15(3-4-17(14)21)12-24-20(22-2)23-8-5-19(26)25-9-6-18-16(13-25)7-10-27-18;/h3-4,7,10-11H,5-6,8-9,12-13H2,1-2H3,(H2,22,23,24);1H. The van der Waals surface area contributed by atoms with Crippen molar-refractivity contribution in [3.63, 3.8) is 0 Å². The number of hydrogen-bond acceptors (Lipinski definition) is 3. The number of amides is 1. The highest BCUT2D eigenvalue weighted by atomic mass is 127. The fraction of sp³-hybridized carbons (Fsp3) is 0.400. The summed E-state index contributed by atoms with van der Waals surface area (Å²) in [6, 6.07) is 7.15. The van der Waals surface area contributed by atoms with Gasteiger partial charge in [0.1, 0.15) is 5.82 Å². The van der Waals surface area contributed by atoms with Crippen molar-refractivity contribution in [1.82, 2.24) is 15.5 Å². The Hall–Kier alpha value is -1.68. The van der Waals surface area contributed by atoms with Gasteiger partial charge in [-0.2, -0.15) is 0 Å². The van der Waals surface area contributed by atoms with Gasteiger partial charge in [-0.25, -0.2) is 4.39 Å². The van der Waals surface area contributed by atoms with Crippen molar-refractivity contribution in [3.8, 4) is 0 Å². The minimum Gasteiger partial charge on any atom is -0.356 e. The molecule has 0 aliphatic carbocycles. The Labute approximate surface area is 186 Å². The van der Waals surface area contributed by atoms with E-state index in [9.17, 15) is 9.18 Å². The fourth-order valence-electron chi connectivity index (χ4n) is 3.13. The van der Waals surface area contributed by atoms with Gasteiger partial charge in [-0.3, -0.25) is 9.79 Å². The zero-order valence-corrected chi connectivity index (χ0v) is 19.3. The maximum absolute atomic E-state index is 13.3. The quantitative estimate of drug-likeness (QED) is 0.364. The third kappa shape index (κ3) is 5.91. The number of benzene rings is 1. The van der Waals surface area contributed by atoms with Crippen molar-refractivity contribution in [2.45, 2.75) is 32.9 Å². The van der Waals surface area contributed by atoms with E-state index in [-0.39, 0.29) is 35.7 Å². The van der Waals surface area contributed by atoms with Crippen molar-refractivity contribution in [2.75, 3.05) is 20.1 Å². The average molecular weight is 516 g/mol. The summed E-state index contributed by atoms with van der Waals surface area (Å²) in [6.45, 7) is 4.32. The predicted octanol–water partition coefficient (Wildman–Crippen LogP) is 3.45. The minimum absolute atomic E-state index is 0. The summed E-state index contributed by atoms with van der Waals surface area (Å²) in [5.74, 6) is 0.583. The third-order valence-electron chi connectivity index (χ3n) is 4.70. The fourth-order valence-corrected chi connectivity index (χ4v) is 4.02. The number of carbonyl (C=O) groups excluding carboxylic acids is 1. The van der Waals surface area contributed by atoms with Crippen LogP contribution in [0.5, 0.6) is 0 Å². The van der Waals surface area contributed by atoms with Crippen molar-refractivity contribution in [3.05, 3.63) is 57.0 Å². The summed E-state index contributed by atoms with van der Waals surface area (Å²) in [6.07, 6.45) is 1.38. The number of aryl methyl sites for hydroxylation is 1. The molecule has 1 aliphatic heterocycles. The van der Waals surface area contributed by atoms with Crippen LogP contribution in [0.3, 0.4) is 0 Å². The number of halogens is 2. The second kappa shape index (κ2) is 10.8. The lowest BCUT2D eigenvalue weighted by Gasteiger charge is -2.27. The molecule has 1 amide bonds. The van der Waals surface area contributed by atoms with Crippen LogP contribution >= 0.6 is 35.3 Å². The Kier molecular flexibility index (Phi) is 8.68. The first-order valence-electron chi connectivity index (χ1n) is 9.09. The van der Waals surface area contributed by atoms with Gasteiger partial charge in [0, 0.05) is 44.5 Å². The first-order valence-corrected chi connectivity index (χ1v) is 9.97. The molecule has 0 radical (unpaired) electrons. The molecule has 0 fully saturated rings. The number of nitrogens with one attached hydrogen (secondary N) is 2. The molecular weight excluding hydrogens is 490 g/mol. The van der Waals surface area contributed by atoms with E-state index in [0.717, 1.165) is 18.5 Å². The van der Waals surface area contributed by atoms with Crippen LogP contribution in [0, 0.1) is 12.7 Å². The van der Waals surface area contributed by atoms with Crippen molar-refractivity contribution in [1.29, 1.82) is 0 Å². The molecule has 1 aliphatic rings. The molecule has 2 heterocycles. The van der Waals surface area contributed by atoms with Crippen molar-refractivity contribution >= 4 is 47.2 Å². The number of aliphatic imine (C=N–C) groups is 1. The number of thiophene rings is 1. The molecule has 1 aromatic heterocycles. The number of nitrogens with zero attached hydrogens (tertiary/aromatic N) is 2. The zero-order chi connectivity index (χ0) is 19.2. The highest BCUT2D eigenvalue weighted by Gasteiger charge is 2.20. The van der Waals surface area contributed by atoms with Crippen LogP contribution in [0.2, 0.25) is 0 Å². The van der Waals surface area contributed by atoms with E-state index in [2.05, 4.69) is 27.1 Å². The summed E-state index contributed by atoms with van der Waals surface area (Å²) in [7, 11) is 1.69.